The van der Waals surface area contributed by atoms with Gasteiger partial charge >= 0.3 is 6.18 Å². The van der Waals surface area contributed by atoms with Crippen molar-refractivity contribution in [3.63, 3.8) is 0 Å². The molecule has 4 aromatic heterocycles. The molecule has 8 aromatic carbocycles. The Morgan fingerprint density at radius 3 is 1.31 bits per heavy atom. The van der Waals surface area contributed by atoms with Crippen molar-refractivity contribution in [1.29, 1.82) is 5.26 Å². The number of rotatable bonds is 7. The summed E-state index contributed by atoms with van der Waals surface area (Å²) in [5.41, 5.74) is 11.2. The van der Waals surface area contributed by atoms with Crippen LogP contribution in [0, 0.1) is 11.3 Å². The number of nitrogens with zero attached hydrogens (tertiary/aromatic N) is 5. The summed E-state index contributed by atoms with van der Waals surface area (Å²) in [6, 6.07) is 67.8. The number of nitriles is 1. The lowest BCUT2D eigenvalue weighted by molar-refractivity contribution is -0.137. The van der Waals surface area contributed by atoms with Crippen LogP contribution >= 0.6 is 0 Å². The maximum Gasteiger partial charge on any atom is 0.417 e. The molecule has 0 aliphatic carbocycles. The smallest absolute Gasteiger partial charge is 0.308 e. The highest BCUT2D eigenvalue weighted by Crippen LogP contribution is 2.47. The van der Waals surface area contributed by atoms with Crippen LogP contribution in [-0.4, -0.2) is 19.1 Å². The highest BCUT2D eigenvalue weighted by molar-refractivity contribution is 6.13. The highest BCUT2D eigenvalue weighted by atomic mass is 19.4. The van der Waals surface area contributed by atoms with Gasteiger partial charge in [-0.15, -0.1) is 0 Å². The first-order valence-electron chi connectivity index (χ1n) is 22.2. The van der Waals surface area contributed by atoms with Crippen LogP contribution in [0.15, 0.2) is 219 Å². The standard InChI is InChI=1S/C60H36F3N5/c61-60(62,63)50-24-10-7-21-47(50)57-55(67-51-25-11-8-19-45(51)48-35-41(27-29-53(48)67)43-22-13-31-65-58(43)39-15-3-1-4-16-39)33-38(37-64)34-56(57)68-52-26-12-9-20-46(52)49-36-42(28-30-54(49)68)44-23-14-32-66-59(44)40-17-5-2-6-18-40/h1-36H. The maximum absolute atomic E-state index is 15.5. The number of aromatic nitrogens is 4. The summed E-state index contributed by atoms with van der Waals surface area (Å²) in [6.07, 6.45) is -1.13. The minimum atomic E-state index is -4.70. The predicted octanol–water partition coefficient (Wildman–Crippen LogP) is 15.9. The molecule has 0 saturated heterocycles. The van der Waals surface area contributed by atoms with E-state index in [1.807, 2.05) is 155 Å². The molecule has 0 radical (unpaired) electrons. The van der Waals surface area contributed by atoms with E-state index in [9.17, 15) is 5.26 Å². The van der Waals surface area contributed by atoms with E-state index in [2.05, 4.69) is 30.3 Å². The van der Waals surface area contributed by atoms with Crippen LogP contribution in [0.25, 0.3) is 111 Å². The van der Waals surface area contributed by atoms with Crippen LogP contribution < -0.4 is 0 Å². The van der Waals surface area contributed by atoms with E-state index in [0.717, 1.165) is 94.4 Å². The van der Waals surface area contributed by atoms with Gasteiger partial charge in [-0.2, -0.15) is 18.4 Å². The predicted molar refractivity (Wildman–Crippen MR) is 268 cm³/mol. The number of hydrogen-bond acceptors (Lipinski definition) is 3. The third kappa shape index (κ3) is 6.63. The number of halogens is 3. The minimum Gasteiger partial charge on any atom is -0.308 e. The Balaban J connectivity index is 1.16. The van der Waals surface area contributed by atoms with Gasteiger partial charge in [-0.3, -0.25) is 9.97 Å². The summed E-state index contributed by atoms with van der Waals surface area (Å²) < 4.78 is 50.5. The van der Waals surface area contributed by atoms with Crippen molar-refractivity contribution in [3.05, 3.63) is 230 Å². The van der Waals surface area contributed by atoms with Crippen molar-refractivity contribution in [3.8, 4) is 73.3 Å². The second-order valence-corrected chi connectivity index (χ2v) is 16.7. The molecule has 12 aromatic rings. The molecule has 0 unspecified atom stereocenters. The molecule has 0 bridgehead atoms. The lowest BCUT2D eigenvalue weighted by Gasteiger charge is -2.23. The van der Waals surface area contributed by atoms with Crippen LogP contribution in [0.1, 0.15) is 11.1 Å². The van der Waals surface area contributed by atoms with Gasteiger partial charge in [0.15, 0.2) is 0 Å². The molecule has 0 aliphatic rings. The summed E-state index contributed by atoms with van der Waals surface area (Å²) >= 11 is 0. The molecule has 0 amide bonds. The van der Waals surface area contributed by atoms with Crippen LogP contribution in [0.2, 0.25) is 0 Å². The van der Waals surface area contributed by atoms with Crippen molar-refractivity contribution in [2.45, 2.75) is 6.18 Å². The molecule has 0 spiro atoms. The minimum absolute atomic E-state index is 0.00896. The zero-order valence-corrected chi connectivity index (χ0v) is 36.2. The molecule has 0 N–H and O–H groups in total. The van der Waals surface area contributed by atoms with E-state index >= 15 is 13.2 Å². The Kier molecular flexibility index (Phi) is 9.59. The number of hydrogen-bond donors (Lipinski definition) is 0. The van der Waals surface area contributed by atoms with Gasteiger partial charge in [0.1, 0.15) is 0 Å². The molecule has 0 fully saturated rings. The number of pyridine rings is 2. The van der Waals surface area contributed by atoms with E-state index < -0.39 is 11.7 Å². The average Bonchev–Trinajstić information content (AvgIpc) is 3.90. The summed E-state index contributed by atoms with van der Waals surface area (Å²) in [7, 11) is 0. The van der Waals surface area contributed by atoms with Gasteiger partial charge in [0, 0.05) is 61.8 Å². The number of benzene rings is 8. The van der Waals surface area contributed by atoms with E-state index in [-0.39, 0.29) is 5.56 Å². The van der Waals surface area contributed by atoms with Crippen LogP contribution in [0.3, 0.4) is 0 Å². The highest BCUT2D eigenvalue weighted by Gasteiger charge is 2.36. The van der Waals surface area contributed by atoms with Gasteiger partial charge in [0.25, 0.3) is 0 Å². The van der Waals surface area contributed by atoms with E-state index in [1.165, 1.54) is 12.1 Å². The fourth-order valence-corrected chi connectivity index (χ4v) is 9.98. The number of alkyl halides is 3. The molecule has 12 rings (SSSR count). The summed E-state index contributed by atoms with van der Waals surface area (Å²) in [5, 5.41) is 14.5. The third-order valence-corrected chi connectivity index (χ3v) is 12.9. The van der Waals surface area contributed by atoms with Gasteiger partial charge in [-0.1, -0.05) is 140 Å². The topological polar surface area (TPSA) is 59.4 Å². The Morgan fingerprint density at radius 2 is 0.824 bits per heavy atom. The first-order chi connectivity index (χ1) is 33.4. The van der Waals surface area contributed by atoms with Crippen molar-refractivity contribution in [1.82, 2.24) is 19.1 Å². The normalized spacial score (nSPS) is 11.7. The largest absolute Gasteiger partial charge is 0.417 e. The van der Waals surface area contributed by atoms with Crippen molar-refractivity contribution < 1.29 is 13.2 Å². The summed E-state index contributed by atoms with van der Waals surface area (Å²) in [6.45, 7) is 0. The molecule has 322 valence electrons. The van der Waals surface area contributed by atoms with Gasteiger partial charge in [-0.05, 0) is 83.4 Å². The Labute approximate surface area is 388 Å². The molecule has 0 atom stereocenters. The molecular weight excluding hydrogens is 848 g/mol. The fourth-order valence-electron chi connectivity index (χ4n) is 9.98. The average molecular weight is 884 g/mol. The van der Waals surface area contributed by atoms with Crippen LogP contribution in [-0.2, 0) is 6.18 Å². The van der Waals surface area contributed by atoms with Gasteiger partial charge in [-0.25, -0.2) is 0 Å². The molecule has 68 heavy (non-hydrogen) atoms. The Morgan fingerprint density at radius 1 is 0.397 bits per heavy atom. The molecule has 5 nitrogen and oxygen atoms in total. The first-order valence-corrected chi connectivity index (χ1v) is 22.2. The zero-order valence-electron chi connectivity index (χ0n) is 36.2. The SMILES string of the molecule is N#Cc1cc(-n2c3ccccc3c3cc(-c4cccnc4-c4ccccc4)ccc32)c(-c2ccccc2C(F)(F)F)c(-n2c3ccccc3c3cc(-c4cccnc4-c4ccccc4)ccc32)c1. The molecule has 0 saturated carbocycles. The fraction of sp³-hybridized carbons (Fsp3) is 0.0167. The van der Waals surface area contributed by atoms with Gasteiger partial charge < -0.3 is 9.13 Å². The molecule has 0 aliphatic heterocycles. The third-order valence-electron chi connectivity index (χ3n) is 12.9. The monoisotopic (exact) mass is 883 g/mol. The van der Waals surface area contributed by atoms with E-state index in [1.54, 1.807) is 30.6 Å². The molecular formula is C60H36F3N5. The summed E-state index contributed by atoms with van der Waals surface area (Å²) in [5.74, 6) is 0. The quantitative estimate of drug-likeness (QED) is 0.160. The van der Waals surface area contributed by atoms with E-state index in [4.69, 9.17) is 9.97 Å². The number of para-hydroxylation sites is 2. The first kappa shape index (κ1) is 40.4. The molecule has 4 heterocycles. The summed E-state index contributed by atoms with van der Waals surface area (Å²) in [4.78, 5) is 9.59. The van der Waals surface area contributed by atoms with Gasteiger partial charge in [0.2, 0.25) is 0 Å². The second-order valence-electron chi connectivity index (χ2n) is 16.7. The Hall–Kier alpha value is -9.06. The lowest BCUT2D eigenvalue weighted by atomic mass is 9.94. The van der Waals surface area contributed by atoms with Crippen molar-refractivity contribution >= 4 is 43.6 Å². The Bertz CT molecular complexity index is 3750. The number of fused-ring (bicyclic) bond motifs is 6. The van der Waals surface area contributed by atoms with Crippen LogP contribution in [0.5, 0.6) is 0 Å². The van der Waals surface area contributed by atoms with Gasteiger partial charge in [0.05, 0.1) is 62.0 Å². The molecule has 8 heteroatoms. The van der Waals surface area contributed by atoms with Crippen molar-refractivity contribution in [2.24, 2.45) is 0 Å². The lowest BCUT2D eigenvalue weighted by Crippen LogP contribution is -2.10. The van der Waals surface area contributed by atoms with E-state index in [0.29, 0.717) is 22.5 Å². The van der Waals surface area contributed by atoms with Crippen LogP contribution in [0.4, 0.5) is 13.2 Å². The maximum atomic E-state index is 15.5. The van der Waals surface area contributed by atoms with Crippen molar-refractivity contribution in [2.75, 3.05) is 0 Å². The second kappa shape index (κ2) is 16.1. The zero-order chi connectivity index (χ0) is 45.9.